The summed E-state index contributed by atoms with van der Waals surface area (Å²) in [6, 6.07) is 18.6. The van der Waals surface area contributed by atoms with Gasteiger partial charge in [0, 0.05) is 10.8 Å². The van der Waals surface area contributed by atoms with Gasteiger partial charge in [0.05, 0.1) is 22.3 Å². The van der Waals surface area contributed by atoms with Crippen molar-refractivity contribution in [2.75, 3.05) is 0 Å². The number of hydrogen-bond acceptors (Lipinski definition) is 0. The Kier molecular flexibility index (Phi) is 4.55. The normalized spacial score (nSPS) is 11.6. The summed E-state index contributed by atoms with van der Waals surface area (Å²) < 4.78 is 71.9. The van der Waals surface area contributed by atoms with Crippen molar-refractivity contribution in [1.29, 1.82) is 0 Å². The number of aryl methyl sites for hydroxylation is 2. The Labute approximate surface area is 180 Å². The molecule has 0 radical (unpaired) electrons. The zero-order chi connectivity index (χ0) is 22.7. The molecule has 4 aromatic carbocycles. The van der Waals surface area contributed by atoms with E-state index in [1.165, 1.54) is 12.1 Å². The summed E-state index contributed by atoms with van der Waals surface area (Å²) in [5.74, 6) is -9.77. The van der Waals surface area contributed by atoms with Crippen molar-refractivity contribution in [2.24, 2.45) is 0 Å². The standard InChI is InChI=1S/C26H16F5N/c1-13-11-15(20-21(27)23(29)25(31)24(30)22(20)28)12-14(2)26(13)32-18-9-5-3-7-16(18)17-8-4-6-10-19(17)32/h3-12H,1-2H3. The molecule has 160 valence electrons. The molecular weight excluding hydrogens is 421 g/mol. The molecule has 5 aromatic rings. The Balaban J connectivity index is 1.82. The van der Waals surface area contributed by atoms with Crippen LogP contribution in [0.3, 0.4) is 0 Å². The van der Waals surface area contributed by atoms with Gasteiger partial charge in [-0.1, -0.05) is 36.4 Å². The predicted molar refractivity (Wildman–Crippen MR) is 115 cm³/mol. The first-order valence-corrected chi connectivity index (χ1v) is 9.93. The first-order valence-electron chi connectivity index (χ1n) is 9.93. The highest BCUT2D eigenvalue weighted by Crippen LogP contribution is 2.38. The molecule has 1 aromatic heterocycles. The fourth-order valence-electron chi connectivity index (χ4n) is 4.47. The van der Waals surface area contributed by atoms with E-state index in [9.17, 15) is 22.0 Å². The number of para-hydroxylation sites is 2. The third-order valence-corrected chi connectivity index (χ3v) is 5.79. The fourth-order valence-corrected chi connectivity index (χ4v) is 4.47. The highest BCUT2D eigenvalue weighted by molar-refractivity contribution is 6.09. The van der Waals surface area contributed by atoms with E-state index in [0.717, 1.165) is 27.5 Å². The van der Waals surface area contributed by atoms with Gasteiger partial charge in [-0.05, 0) is 54.8 Å². The number of hydrogen-bond donors (Lipinski definition) is 0. The van der Waals surface area contributed by atoms with Crippen LogP contribution in [0.2, 0.25) is 0 Å². The van der Waals surface area contributed by atoms with Crippen LogP contribution in [-0.4, -0.2) is 4.57 Å². The van der Waals surface area contributed by atoms with E-state index in [1.54, 1.807) is 13.8 Å². The molecule has 1 nitrogen and oxygen atoms in total. The lowest BCUT2D eigenvalue weighted by Gasteiger charge is -2.17. The number of aromatic nitrogens is 1. The van der Waals surface area contributed by atoms with Crippen molar-refractivity contribution in [2.45, 2.75) is 13.8 Å². The van der Waals surface area contributed by atoms with Gasteiger partial charge in [0.1, 0.15) is 0 Å². The molecule has 0 saturated heterocycles. The Bertz CT molecular complexity index is 1440. The van der Waals surface area contributed by atoms with Crippen molar-refractivity contribution in [3.8, 4) is 16.8 Å². The minimum absolute atomic E-state index is 0.0719. The zero-order valence-electron chi connectivity index (χ0n) is 17.1. The second kappa shape index (κ2) is 7.19. The second-order valence-corrected chi connectivity index (χ2v) is 7.77. The van der Waals surface area contributed by atoms with Gasteiger partial charge >= 0.3 is 0 Å². The van der Waals surface area contributed by atoms with E-state index >= 15 is 0 Å². The molecule has 5 rings (SSSR count). The summed E-state index contributed by atoms with van der Waals surface area (Å²) in [7, 11) is 0. The minimum atomic E-state index is -2.17. The van der Waals surface area contributed by atoms with Gasteiger partial charge in [-0.3, -0.25) is 0 Å². The molecule has 0 fully saturated rings. The van der Waals surface area contributed by atoms with Crippen LogP contribution >= 0.6 is 0 Å². The lowest BCUT2D eigenvalue weighted by Crippen LogP contribution is -2.06. The molecule has 0 spiro atoms. The quantitative estimate of drug-likeness (QED) is 0.151. The van der Waals surface area contributed by atoms with Crippen molar-refractivity contribution in [3.05, 3.63) is 101 Å². The molecule has 0 aliphatic rings. The maximum atomic E-state index is 14.4. The van der Waals surface area contributed by atoms with Crippen LogP contribution in [0.25, 0.3) is 38.6 Å². The van der Waals surface area contributed by atoms with Crippen molar-refractivity contribution in [3.63, 3.8) is 0 Å². The lowest BCUT2D eigenvalue weighted by molar-refractivity contribution is 0.381. The van der Waals surface area contributed by atoms with Gasteiger partial charge in [-0.25, -0.2) is 22.0 Å². The number of benzene rings is 4. The number of nitrogens with zero attached hydrogens (tertiary/aromatic N) is 1. The van der Waals surface area contributed by atoms with Crippen LogP contribution in [0, 0.1) is 42.9 Å². The van der Waals surface area contributed by atoms with E-state index in [-0.39, 0.29) is 5.56 Å². The Morgan fingerprint density at radius 1 is 0.562 bits per heavy atom. The molecule has 0 unspecified atom stereocenters. The number of halogens is 5. The van der Waals surface area contributed by atoms with E-state index in [4.69, 9.17) is 0 Å². The Morgan fingerprint density at radius 3 is 1.44 bits per heavy atom. The SMILES string of the molecule is Cc1cc(-c2c(F)c(F)c(F)c(F)c2F)cc(C)c1-n1c2ccccc2c2ccccc21. The summed E-state index contributed by atoms with van der Waals surface area (Å²) in [5, 5.41) is 2.09. The number of fused-ring (bicyclic) bond motifs is 3. The molecule has 0 bridgehead atoms. The molecule has 0 amide bonds. The summed E-state index contributed by atoms with van der Waals surface area (Å²) in [6.07, 6.45) is 0. The van der Waals surface area contributed by atoms with Gasteiger partial charge in [0.2, 0.25) is 5.82 Å². The van der Waals surface area contributed by atoms with Gasteiger partial charge in [0.25, 0.3) is 0 Å². The molecule has 0 atom stereocenters. The van der Waals surface area contributed by atoms with Crippen LogP contribution in [-0.2, 0) is 0 Å². The maximum Gasteiger partial charge on any atom is 0.200 e. The monoisotopic (exact) mass is 437 g/mol. The molecule has 1 heterocycles. The number of rotatable bonds is 2. The third-order valence-electron chi connectivity index (χ3n) is 5.79. The maximum absolute atomic E-state index is 14.4. The average Bonchev–Trinajstić information content (AvgIpc) is 3.11. The third kappa shape index (κ3) is 2.75. The Hall–Kier alpha value is -3.67. The topological polar surface area (TPSA) is 4.93 Å². The second-order valence-electron chi connectivity index (χ2n) is 7.77. The average molecular weight is 437 g/mol. The van der Waals surface area contributed by atoms with Crippen LogP contribution in [0.4, 0.5) is 22.0 Å². The first-order chi connectivity index (χ1) is 15.3. The van der Waals surface area contributed by atoms with Gasteiger partial charge in [0.15, 0.2) is 23.3 Å². The predicted octanol–water partition coefficient (Wildman–Crippen LogP) is 7.76. The van der Waals surface area contributed by atoms with Crippen LogP contribution in [0.1, 0.15) is 11.1 Å². The highest BCUT2D eigenvalue weighted by Gasteiger charge is 2.27. The minimum Gasteiger partial charge on any atom is -0.309 e. The molecular formula is C26H16F5N. The summed E-state index contributed by atoms with van der Waals surface area (Å²) in [5.41, 5.74) is 2.95. The van der Waals surface area contributed by atoms with Crippen molar-refractivity contribution >= 4 is 21.8 Å². The van der Waals surface area contributed by atoms with Crippen LogP contribution in [0.5, 0.6) is 0 Å². The zero-order valence-corrected chi connectivity index (χ0v) is 17.1. The van der Waals surface area contributed by atoms with E-state index < -0.39 is 34.6 Å². The smallest absolute Gasteiger partial charge is 0.200 e. The van der Waals surface area contributed by atoms with Gasteiger partial charge in [-0.15, -0.1) is 0 Å². The highest BCUT2D eigenvalue weighted by atomic mass is 19.2. The molecule has 0 saturated carbocycles. The molecule has 6 heteroatoms. The molecule has 0 N–H and O–H groups in total. The molecule has 32 heavy (non-hydrogen) atoms. The van der Waals surface area contributed by atoms with Gasteiger partial charge < -0.3 is 4.57 Å². The summed E-state index contributed by atoms with van der Waals surface area (Å²) in [6.45, 7) is 3.50. The van der Waals surface area contributed by atoms with E-state index in [0.29, 0.717) is 11.1 Å². The van der Waals surface area contributed by atoms with Crippen LogP contribution < -0.4 is 0 Å². The summed E-state index contributed by atoms with van der Waals surface area (Å²) in [4.78, 5) is 0. The molecule has 0 aliphatic heterocycles. The van der Waals surface area contributed by atoms with Gasteiger partial charge in [-0.2, -0.15) is 0 Å². The van der Waals surface area contributed by atoms with Crippen molar-refractivity contribution < 1.29 is 22.0 Å². The van der Waals surface area contributed by atoms with Crippen molar-refractivity contribution in [1.82, 2.24) is 4.57 Å². The summed E-state index contributed by atoms with van der Waals surface area (Å²) >= 11 is 0. The van der Waals surface area contributed by atoms with E-state index in [2.05, 4.69) is 4.57 Å². The lowest BCUT2D eigenvalue weighted by atomic mass is 9.97. The first kappa shape index (κ1) is 20.2. The fraction of sp³-hybridized carbons (Fsp3) is 0.0769. The van der Waals surface area contributed by atoms with E-state index in [1.807, 2.05) is 48.5 Å². The van der Waals surface area contributed by atoms with Crippen LogP contribution in [0.15, 0.2) is 60.7 Å². The Morgan fingerprint density at radius 2 is 0.969 bits per heavy atom. The largest absolute Gasteiger partial charge is 0.309 e. The molecule has 0 aliphatic carbocycles.